The zero-order chi connectivity index (χ0) is 15.6. The molecule has 0 aliphatic carbocycles. The van der Waals surface area contributed by atoms with Gasteiger partial charge in [-0.3, -0.25) is 20.4 Å². The third-order valence-electron chi connectivity index (χ3n) is 2.98. The third-order valence-corrected chi connectivity index (χ3v) is 2.98. The average Bonchev–Trinajstić information content (AvgIpc) is 2.75. The molecule has 2 unspecified atom stereocenters. The van der Waals surface area contributed by atoms with Crippen LogP contribution in [0.1, 0.15) is 5.56 Å². The standard InChI is InChI=1S/C12H12F3N3O3/c13-12(14,15)6-1-3-7(4-2-6)17-18-11(21)9-8(19)5-16-10(9)20/h1-4,8-9,17,19H,5H2,(H,16,20)(H,18,21). The molecule has 1 saturated heterocycles. The Kier molecular flexibility index (Phi) is 4.03. The third kappa shape index (κ3) is 3.43. The van der Waals surface area contributed by atoms with Gasteiger partial charge < -0.3 is 10.4 Å². The van der Waals surface area contributed by atoms with E-state index in [4.69, 9.17) is 0 Å². The van der Waals surface area contributed by atoms with Crippen LogP contribution in [0, 0.1) is 5.92 Å². The van der Waals surface area contributed by atoms with Crippen molar-refractivity contribution >= 4 is 17.5 Å². The largest absolute Gasteiger partial charge is 0.416 e. The Balaban J connectivity index is 1.94. The van der Waals surface area contributed by atoms with E-state index in [1.165, 1.54) is 0 Å². The zero-order valence-corrected chi connectivity index (χ0v) is 10.6. The summed E-state index contributed by atoms with van der Waals surface area (Å²) >= 11 is 0. The molecule has 9 heteroatoms. The SMILES string of the molecule is O=C1NCC(O)C1C(=O)NNc1ccc(C(F)(F)F)cc1. The van der Waals surface area contributed by atoms with E-state index in [1.807, 2.05) is 0 Å². The molecule has 0 spiro atoms. The molecule has 0 saturated carbocycles. The second-order valence-corrected chi connectivity index (χ2v) is 4.48. The van der Waals surface area contributed by atoms with Crippen molar-refractivity contribution in [3.05, 3.63) is 29.8 Å². The molecule has 2 atom stereocenters. The maximum absolute atomic E-state index is 12.4. The van der Waals surface area contributed by atoms with Crippen LogP contribution in [0.15, 0.2) is 24.3 Å². The number of carbonyl (C=O) groups excluding carboxylic acids is 2. The van der Waals surface area contributed by atoms with Gasteiger partial charge in [-0.15, -0.1) is 0 Å². The molecular formula is C12H12F3N3O3. The van der Waals surface area contributed by atoms with Crippen LogP contribution in [0.3, 0.4) is 0 Å². The van der Waals surface area contributed by atoms with Gasteiger partial charge in [0.15, 0.2) is 0 Å². The molecule has 1 aliphatic heterocycles. The van der Waals surface area contributed by atoms with Crippen molar-refractivity contribution in [2.75, 3.05) is 12.0 Å². The van der Waals surface area contributed by atoms with Crippen LogP contribution in [0.25, 0.3) is 0 Å². The van der Waals surface area contributed by atoms with Gasteiger partial charge in [-0.1, -0.05) is 0 Å². The number of halogens is 3. The van der Waals surface area contributed by atoms with E-state index in [1.54, 1.807) is 0 Å². The van der Waals surface area contributed by atoms with E-state index in [9.17, 15) is 27.9 Å². The molecule has 6 nitrogen and oxygen atoms in total. The van der Waals surface area contributed by atoms with E-state index >= 15 is 0 Å². The zero-order valence-electron chi connectivity index (χ0n) is 10.6. The fourth-order valence-electron chi connectivity index (χ4n) is 1.86. The van der Waals surface area contributed by atoms with Crippen LogP contribution < -0.4 is 16.2 Å². The predicted molar refractivity (Wildman–Crippen MR) is 65.7 cm³/mol. The van der Waals surface area contributed by atoms with Crippen molar-refractivity contribution in [3.8, 4) is 0 Å². The normalized spacial score (nSPS) is 21.8. The van der Waals surface area contributed by atoms with Crippen molar-refractivity contribution < 1.29 is 27.9 Å². The van der Waals surface area contributed by atoms with Crippen molar-refractivity contribution in [1.82, 2.24) is 10.7 Å². The predicted octanol–water partition coefficient (Wildman–Crippen LogP) is 0.255. The Morgan fingerprint density at radius 1 is 1.29 bits per heavy atom. The van der Waals surface area contributed by atoms with Gasteiger partial charge >= 0.3 is 6.18 Å². The summed E-state index contributed by atoms with van der Waals surface area (Å²) in [6.45, 7) is -0.0167. The highest BCUT2D eigenvalue weighted by molar-refractivity contribution is 6.02. The molecule has 1 aromatic rings. The highest BCUT2D eigenvalue weighted by atomic mass is 19.4. The van der Waals surface area contributed by atoms with Crippen molar-refractivity contribution in [1.29, 1.82) is 0 Å². The monoisotopic (exact) mass is 303 g/mol. The van der Waals surface area contributed by atoms with Gasteiger partial charge in [0.2, 0.25) is 5.91 Å². The lowest BCUT2D eigenvalue weighted by atomic mass is 10.1. The van der Waals surface area contributed by atoms with Gasteiger partial charge in [-0.25, -0.2) is 0 Å². The maximum atomic E-state index is 12.4. The molecule has 1 fully saturated rings. The van der Waals surface area contributed by atoms with E-state index in [0.29, 0.717) is 0 Å². The van der Waals surface area contributed by atoms with E-state index < -0.39 is 35.6 Å². The first-order chi connectivity index (χ1) is 9.79. The van der Waals surface area contributed by atoms with Gasteiger partial charge in [-0.2, -0.15) is 13.2 Å². The van der Waals surface area contributed by atoms with Gasteiger partial charge in [0, 0.05) is 6.54 Å². The number of rotatable bonds is 3. The Morgan fingerprint density at radius 2 is 1.90 bits per heavy atom. The van der Waals surface area contributed by atoms with Crippen LogP contribution in [-0.2, 0) is 15.8 Å². The molecule has 1 heterocycles. The van der Waals surface area contributed by atoms with Gasteiger partial charge in [0.05, 0.1) is 17.4 Å². The van der Waals surface area contributed by atoms with Crippen molar-refractivity contribution in [2.24, 2.45) is 5.92 Å². The fourth-order valence-corrected chi connectivity index (χ4v) is 1.86. The van der Waals surface area contributed by atoms with Crippen molar-refractivity contribution in [2.45, 2.75) is 12.3 Å². The van der Waals surface area contributed by atoms with Gasteiger partial charge in [0.25, 0.3) is 5.91 Å². The number of anilines is 1. The number of aliphatic hydroxyl groups is 1. The second kappa shape index (κ2) is 5.60. The summed E-state index contributed by atoms with van der Waals surface area (Å²) in [6.07, 6.45) is -5.57. The van der Waals surface area contributed by atoms with Crippen LogP contribution in [0.5, 0.6) is 0 Å². The van der Waals surface area contributed by atoms with Gasteiger partial charge in [-0.05, 0) is 24.3 Å². The lowest BCUT2D eigenvalue weighted by Crippen LogP contribution is -2.41. The van der Waals surface area contributed by atoms with Crippen LogP contribution in [0.2, 0.25) is 0 Å². The topological polar surface area (TPSA) is 90.5 Å². The summed E-state index contributed by atoms with van der Waals surface area (Å²) < 4.78 is 37.1. The molecule has 0 bridgehead atoms. The molecule has 114 valence electrons. The number of alkyl halides is 3. The number of β-amino-alcohol motifs (C(OH)–C–C–N with tert-alkyl or cyclic N) is 1. The second-order valence-electron chi connectivity index (χ2n) is 4.48. The first-order valence-electron chi connectivity index (χ1n) is 5.98. The van der Waals surface area contributed by atoms with Crippen LogP contribution in [0.4, 0.5) is 18.9 Å². The summed E-state index contributed by atoms with van der Waals surface area (Å²) in [5.74, 6) is -2.61. The summed E-state index contributed by atoms with van der Waals surface area (Å²) in [6, 6.07) is 3.97. The molecule has 21 heavy (non-hydrogen) atoms. The minimum Gasteiger partial charge on any atom is -0.390 e. The summed E-state index contributed by atoms with van der Waals surface area (Å²) in [5.41, 5.74) is 3.95. The number of benzene rings is 1. The minimum absolute atomic E-state index is 0.0167. The summed E-state index contributed by atoms with van der Waals surface area (Å²) in [5, 5.41) is 11.8. The molecule has 2 amide bonds. The first-order valence-corrected chi connectivity index (χ1v) is 5.98. The first kappa shape index (κ1) is 15.1. The quantitative estimate of drug-likeness (QED) is 0.476. The molecule has 0 aromatic heterocycles. The molecule has 2 rings (SSSR count). The molecule has 1 aromatic carbocycles. The number of hydrogen-bond donors (Lipinski definition) is 4. The molecule has 4 N–H and O–H groups in total. The number of aliphatic hydroxyl groups excluding tert-OH is 1. The number of nitrogens with one attached hydrogen (secondary N) is 3. The number of carbonyl (C=O) groups is 2. The fraction of sp³-hybridized carbons (Fsp3) is 0.333. The molecule has 1 aliphatic rings. The van der Waals surface area contributed by atoms with Crippen LogP contribution in [-0.4, -0.2) is 29.6 Å². The highest BCUT2D eigenvalue weighted by Gasteiger charge is 2.39. The smallest absolute Gasteiger partial charge is 0.390 e. The van der Waals surface area contributed by atoms with Crippen molar-refractivity contribution in [3.63, 3.8) is 0 Å². The Hall–Kier alpha value is -2.29. The van der Waals surface area contributed by atoms with E-state index in [0.717, 1.165) is 24.3 Å². The molecule has 0 radical (unpaired) electrons. The number of hydrazine groups is 1. The van der Waals surface area contributed by atoms with Crippen LogP contribution >= 0.6 is 0 Å². The Bertz CT molecular complexity index is 545. The van der Waals surface area contributed by atoms with E-state index in [2.05, 4.69) is 16.2 Å². The number of amides is 2. The van der Waals surface area contributed by atoms with Gasteiger partial charge in [0.1, 0.15) is 5.92 Å². The minimum atomic E-state index is -4.44. The lowest BCUT2D eigenvalue weighted by Gasteiger charge is -2.14. The summed E-state index contributed by atoms with van der Waals surface area (Å²) in [7, 11) is 0. The molecular weight excluding hydrogens is 291 g/mol. The Morgan fingerprint density at radius 3 is 2.38 bits per heavy atom. The highest BCUT2D eigenvalue weighted by Crippen LogP contribution is 2.29. The lowest BCUT2D eigenvalue weighted by molar-refractivity contribution is -0.138. The number of hydrogen-bond acceptors (Lipinski definition) is 4. The summed E-state index contributed by atoms with van der Waals surface area (Å²) in [4.78, 5) is 23.0. The maximum Gasteiger partial charge on any atom is 0.416 e. The average molecular weight is 303 g/mol. The Labute approximate surface area is 117 Å². The van der Waals surface area contributed by atoms with E-state index in [-0.39, 0.29) is 12.2 Å².